The zero-order valence-electron chi connectivity index (χ0n) is 12.0. The standard InChI is InChI=1S/C15H30N2/c1-4-10-16-13-7-5-8-14(12-13)17-11-6-9-15(17,2)3/h13-14,16H,4-12H2,1-3H3. The summed E-state index contributed by atoms with van der Waals surface area (Å²) in [6.07, 6.45) is 9.66. The molecule has 2 heteroatoms. The fraction of sp³-hybridized carbons (Fsp3) is 1.00. The van der Waals surface area contributed by atoms with E-state index in [4.69, 9.17) is 0 Å². The van der Waals surface area contributed by atoms with Crippen LogP contribution in [0.4, 0.5) is 0 Å². The summed E-state index contributed by atoms with van der Waals surface area (Å²) in [5, 5.41) is 3.73. The summed E-state index contributed by atoms with van der Waals surface area (Å²) in [5.41, 5.74) is 0.456. The van der Waals surface area contributed by atoms with E-state index in [0.29, 0.717) is 5.54 Å². The monoisotopic (exact) mass is 238 g/mol. The number of likely N-dealkylation sites (tertiary alicyclic amines) is 1. The topological polar surface area (TPSA) is 15.3 Å². The molecule has 2 fully saturated rings. The minimum absolute atomic E-state index is 0.456. The van der Waals surface area contributed by atoms with Gasteiger partial charge in [-0.2, -0.15) is 0 Å². The van der Waals surface area contributed by atoms with Crippen molar-refractivity contribution in [3.63, 3.8) is 0 Å². The van der Waals surface area contributed by atoms with Crippen molar-refractivity contribution in [2.24, 2.45) is 0 Å². The Kier molecular flexibility index (Phi) is 4.48. The van der Waals surface area contributed by atoms with Crippen LogP contribution >= 0.6 is 0 Å². The third-order valence-electron chi connectivity index (χ3n) is 4.74. The molecular formula is C15H30N2. The lowest BCUT2D eigenvalue weighted by atomic mass is 9.88. The van der Waals surface area contributed by atoms with Crippen LogP contribution in [-0.4, -0.2) is 35.6 Å². The summed E-state index contributed by atoms with van der Waals surface area (Å²) < 4.78 is 0. The van der Waals surface area contributed by atoms with E-state index in [1.165, 1.54) is 58.0 Å². The van der Waals surface area contributed by atoms with Gasteiger partial charge < -0.3 is 5.32 Å². The summed E-state index contributed by atoms with van der Waals surface area (Å²) >= 11 is 0. The molecule has 0 radical (unpaired) electrons. The van der Waals surface area contributed by atoms with Crippen LogP contribution in [0.5, 0.6) is 0 Å². The average Bonchev–Trinajstić information content (AvgIpc) is 2.67. The number of nitrogens with zero attached hydrogens (tertiary/aromatic N) is 1. The quantitative estimate of drug-likeness (QED) is 0.809. The molecule has 2 atom stereocenters. The van der Waals surface area contributed by atoms with E-state index in [-0.39, 0.29) is 0 Å². The maximum absolute atomic E-state index is 3.73. The molecule has 1 aliphatic heterocycles. The predicted molar refractivity (Wildman–Crippen MR) is 74.4 cm³/mol. The Morgan fingerprint density at radius 1 is 1.24 bits per heavy atom. The highest BCUT2D eigenvalue weighted by Crippen LogP contribution is 2.35. The first-order chi connectivity index (χ1) is 8.13. The van der Waals surface area contributed by atoms with Gasteiger partial charge in [-0.3, -0.25) is 4.90 Å². The molecule has 2 unspecified atom stereocenters. The van der Waals surface area contributed by atoms with Crippen LogP contribution in [0.25, 0.3) is 0 Å². The Morgan fingerprint density at radius 3 is 2.71 bits per heavy atom. The molecule has 0 amide bonds. The van der Waals surface area contributed by atoms with Gasteiger partial charge in [-0.1, -0.05) is 13.3 Å². The molecule has 100 valence electrons. The second-order valence-corrected chi connectivity index (χ2v) is 6.58. The molecule has 0 aromatic carbocycles. The van der Waals surface area contributed by atoms with Crippen molar-refractivity contribution >= 4 is 0 Å². The minimum Gasteiger partial charge on any atom is -0.314 e. The smallest absolute Gasteiger partial charge is 0.0156 e. The molecule has 0 aromatic rings. The van der Waals surface area contributed by atoms with Gasteiger partial charge in [0.2, 0.25) is 0 Å². The molecule has 0 spiro atoms. The van der Waals surface area contributed by atoms with E-state index in [1.807, 2.05) is 0 Å². The van der Waals surface area contributed by atoms with Gasteiger partial charge in [-0.15, -0.1) is 0 Å². The van der Waals surface area contributed by atoms with Gasteiger partial charge in [0.05, 0.1) is 0 Å². The van der Waals surface area contributed by atoms with Crippen LogP contribution < -0.4 is 5.32 Å². The fourth-order valence-corrected chi connectivity index (χ4v) is 3.79. The predicted octanol–water partition coefficient (Wildman–Crippen LogP) is 3.17. The van der Waals surface area contributed by atoms with E-state index in [1.54, 1.807) is 0 Å². The van der Waals surface area contributed by atoms with Crippen molar-refractivity contribution < 1.29 is 0 Å². The Labute approximate surface area is 107 Å². The van der Waals surface area contributed by atoms with E-state index in [0.717, 1.165) is 12.1 Å². The first kappa shape index (κ1) is 13.4. The minimum atomic E-state index is 0.456. The molecule has 1 aliphatic carbocycles. The highest BCUT2D eigenvalue weighted by Gasteiger charge is 2.38. The van der Waals surface area contributed by atoms with Crippen LogP contribution in [0.15, 0.2) is 0 Å². The van der Waals surface area contributed by atoms with Gasteiger partial charge >= 0.3 is 0 Å². The molecule has 0 bridgehead atoms. The van der Waals surface area contributed by atoms with Crippen LogP contribution in [0.3, 0.4) is 0 Å². The van der Waals surface area contributed by atoms with Crippen molar-refractivity contribution in [1.29, 1.82) is 0 Å². The van der Waals surface area contributed by atoms with Gasteiger partial charge in [0.1, 0.15) is 0 Å². The Morgan fingerprint density at radius 2 is 2.06 bits per heavy atom. The zero-order valence-corrected chi connectivity index (χ0v) is 12.0. The molecule has 1 saturated heterocycles. The Balaban J connectivity index is 1.88. The maximum Gasteiger partial charge on any atom is 0.0156 e. The van der Waals surface area contributed by atoms with Gasteiger partial charge in [-0.25, -0.2) is 0 Å². The molecule has 1 heterocycles. The molecular weight excluding hydrogens is 208 g/mol. The second-order valence-electron chi connectivity index (χ2n) is 6.58. The number of rotatable bonds is 4. The van der Waals surface area contributed by atoms with Crippen molar-refractivity contribution in [3.05, 3.63) is 0 Å². The van der Waals surface area contributed by atoms with E-state index in [9.17, 15) is 0 Å². The maximum atomic E-state index is 3.73. The highest BCUT2D eigenvalue weighted by molar-refractivity contribution is 4.95. The van der Waals surface area contributed by atoms with Crippen LogP contribution in [0.2, 0.25) is 0 Å². The van der Waals surface area contributed by atoms with Gasteiger partial charge in [-0.05, 0) is 65.5 Å². The Bertz CT molecular complexity index is 237. The van der Waals surface area contributed by atoms with E-state index in [2.05, 4.69) is 31.0 Å². The van der Waals surface area contributed by atoms with Crippen LogP contribution in [-0.2, 0) is 0 Å². The summed E-state index contributed by atoms with van der Waals surface area (Å²) in [7, 11) is 0. The first-order valence-corrected chi connectivity index (χ1v) is 7.63. The largest absolute Gasteiger partial charge is 0.314 e. The highest BCUT2D eigenvalue weighted by atomic mass is 15.2. The summed E-state index contributed by atoms with van der Waals surface area (Å²) in [6, 6.07) is 1.63. The molecule has 2 aliphatic rings. The van der Waals surface area contributed by atoms with Crippen molar-refractivity contribution in [3.8, 4) is 0 Å². The zero-order chi connectivity index (χ0) is 12.3. The van der Waals surface area contributed by atoms with Crippen molar-refractivity contribution in [2.75, 3.05) is 13.1 Å². The molecule has 1 saturated carbocycles. The van der Waals surface area contributed by atoms with Gasteiger partial charge in [0.25, 0.3) is 0 Å². The molecule has 17 heavy (non-hydrogen) atoms. The number of hydrogen-bond donors (Lipinski definition) is 1. The average molecular weight is 238 g/mol. The molecule has 0 aromatic heterocycles. The van der Waals surface area contributed by atoms with E-state index >= 15 is 0 Å². The van der Waals surface area contributed by atoms with Gasteiger partial charge in [0.15, 0.2) is 0 Å². The molecule has 1 N–H and O–H groups in total. The Hall–Kier alpha value is -0.0800. The lowest BCUT2D eigenvalue weighted by Crippen LogP contribution is -2.50. The lowest BCUT2D eigenvalue weighted by Gasteiger charge is -2.42. The second kappa shape index (κ2) is 5.71. The lowest BCUT2D eigenvalue weighted by molar-refractivity contribution is 0.0797. The normalized spacial score (nSPS) is 34.1. The summed E-state index contributed by atoms with van der Waals surface area (Å²) in [6.45, 7) is 9.65. The third kappa shape index (κ3) is 3.23. The summed E-state index contributed by atoms with van der Waals surface area (Å²) in [5.74, 6) is 0. The molecule has 2 rings (SSSR count). The van der Waals surface area contributed by atoms with Crippen LogP contribution in [0, 0.1) is 0 Å². The number of nitrogens with one attached hydrogen (secondary N) is 1. The number of hydrogen-bond acceptors (Lipinski definition) is 2. The molecule has 2 nitrogen and oxygen atoms in total. The van der Waals surface area contributed by atoms with Crippen molar-refractivity contribution in [1.82, 2.24) is 10.2 Å². The first-order valence-electron chi connectivity index (χ1n) is 7.63. The van der Waals surface area contributed by atoms with Gasteiger partial charge in [0, 0.05) is 17.6 Å². The van der Waals surface area contributed by atoms with Crippen molar-refractivity contribution in [2.45, 2.75) is 83.3 Å². The van der Waals surface area contributed by atoms with Crippen LogP contribution in [0.1, 0.15) is 65.7 Å². The SMILES string of the molecule is CCCNC1CCCC(N2CCCC2(C)C)C1. The summed E-state index contributed by atoms with van der Waals surface area (Å²) in [4.78, 5) is 2.80. The fourth-order valence-electron chi connectivity index (χ4n) is 3.79. The van der Waals surface area contributed by atoms with E-state index < -0.39 is 0 Å². The third-order valence-corrected chi connectivity index (χ3v) is 4.74.